The third-order valence-corrected chi connectivity index (χ3v) is 4.03. The van der Waals surface area contributed by atoms with Crippen LogP contribution in [0.3, 0.4) is 0 Å². The van der Waals surface area contributed by atoms with Crippen molar-refractivity contribution in [3.8, 4) is 11.8 Å². The SMILES string of the molecule is CCCCCc1ccc(C#CC2=CCCCCC2O)cc1. The zero-order chi connectivity index (χ0) is 14.9. The molecule has 0 amide bonds. The van der Waals surface area contributed by atoms with E-state index in [4.69, 9.17) is 0 Å². The summed E-state index contributed by atoms with van der Waals surface area (Å²) in [6, 6.07) is 8.55. The highest BCUT2D eigenvalue weighted by Gasteiger charge is 2.11. The predicted octanol–water partition coefficient (Wildman–Crippen LogP) is 4.63. The first kappa shape index (κ1) is 15.9. The van der Waals surface area contributed by atoms with Crippen molar-refractivity contribution in [2.24, 2.45) is 0 Å². The Kier molecular flexibility index (Phi) is 6.57. The van der Waals surface area contributed by atoms with Gasteiger partial charge in [-0.3, -0.25) is 0 Å². The van der Waals surface area contributed by atoms with Crippen molar-refractivity contribution in [3.05, 3.63) is 47.0 Å². The van der Waals surface area contributed by atoms with Gasteiger partial charge in [-0.25, -0.2) is 0 Å². The lowest BCUT2D eigenvalue weighted by Crippen LogP contribution is -2.07. The Bertz CT molecular complexity index is 513. The van der Waals surface area contributed by atoms with Crippen molar-refractivity contribution in [1.82, 2.24) is 0 Å². The highest BCUT2D eigenvalue weighted by atomic mass is 16.3. The molecule has 1 N–H and O–H groups in total. The van der Waals surface area contributed by atoms with E-state index >= 15 is 0 Å². The molecule has 0 heterocycles. The minimum atomic E-state index is -0.367. The van der Waals surface area contributed by atoms with Crippen LogP contribution in [-0.4, -0.2) is 11.2 Å². The fourth-order valence-corrected chi connectivity index (χ4v) is 2.64. The number of hydrogen-bond acceptors (Lipinski definition) is 1. The van der Waals surface area contributed by atoms with Crippen LogP contribution in [0.4, 0.5) is 0 Å². The summed E-state index contributed by atoms with van der Waals surface area (Å²) in [5.74, 6) is 6.35. The lowest BCUT2D eigenvalue weighted by atomic mass is 10.0. The number of unbranched alkanes of at least 4 members (excludes halogenated alkanes) is 2. The summed E-state index contributed by atoms with van der Waals surface area (Å²) in [4.78, 5) is 0. The van der Waals surface area contributed by atoms with Gasteiger partial charge in [-0.15, -0.1) is 0 Å². The summed E-state index contributed by atoms with van der Waals surface area (Å²) < 4.78 is 0. The van der Waals surface area contributed by atoms with Crippen LogP contribution in [0.1, 0.15) is 63.0 Å². The molecular weight excluding hydrogens is 256 g/mol. The molecule has 0 radical (unpaired) electrons. The molecule has 21 heavy (non-hydrogen) atoms. The van der Waals surface area contributed by atoms with Crippen molar-refractivity contribution in [3.63, 3.8) is 0 Å². The molecule has 0 aromatic heterocycles. The van der Waals surface area contributed by atoms with Gasteiger partial charge >= 0.3 is 0 Å². The molecule has 2 rings (SSSR count). The van der Waals surface area contributed by atoms with Gasteiger partial charge in [-0.05, 0) is 49.8 Å². The Balaban J connectivity index is 1.97. The number of benzene rings is 1. The first-order valence-corrected chi connectivity index (χ1v) is 8.28. The van der Waals surface area contributed by atoms with E-state index in [9.17, 15) is 5.11 Å². The van der Waals surface area contributed by atoms with Gasteiger partial charge in [-0.1, -0.05) is 56.2 Å². The third-order valence-electron chi connectivity index (χ3n) is 4.03. The highest BCUT2D eigenvalue weighted by molar-refractivity contribution is 5.43. The topological polar surface area (TPSA) is 20.2 Å². The lowest BCUT2D eigenvalue weighted by Gasteiger charge is -2.06. The number of aryl methyl sites for hydroxylation is 1. The van der Waals surface area contributed by atoms with Crippen molar-refractivity contribution in [2.75, 3.05) is 0 Å². The highest BCUT2D eigenvalue weighted by Crippen LogP contribution is 2.17. The Labute approximate surface area is 129 Å². The second-order valence-corrected chi connectivity index (χ2v) is 5.86. The molecule has 1 aromatic carbocycles. The predicted molar refractivity (Wildman–Crippen MR) is 89.1 cm³/mol. The summed E-state index contributed by atoms with van der Waals surface area (Å²) in [6.07, 6.45) is 10.9. The first-order valence-electron chi connectivity index (χ1n) is 8.28. The molecular formula is C20H26O. The van der Waals surface area contributed by atoms with Crippen LogP contribution in [0.25, 0.3) is 0 Å². The van der Waals surface area contributed by atoms with Crippen LogP contribution >= 0.6 is 0 Å². The van der Waals surface area contributed by atoms with Gasteiger partial charge < -0.3 is 5.11 Å². The molecule has 1 aliphatic carbocycles. The standard InChI is InChI=1S/C20H26O/c1-2-3-5-8-17-11-13-18(14-12-17)15-16-19-9-6-4-7-10-20(19)21/h9,11-14,20-21H,2-8,10H2,1H3. The number of aliphatic hydroxyl groups excluding tert-OH is 1. The summed E-state index contributed by atoms with van der Waals surface area (Å²) >= 11 is 0. The van der Waals surface area contributed by atoms with Gasteiger partial charge in [-0.2, -0.15) is 0 Å². The summed E-state index contributed by atoms with van der Waals surface area (Å²) in [7, 11) is 0. The zero-order valence-corrected chi connectivity index (χ0v) is 13.1. The monoisotopic (exact) mass is 282 g/mol. The van der Waals surface area contributed by atoms with E-state index in [1.165, 1.54) is 24.8 Å². The maximum atomic E-state index is 10.0. The fourth-order valence-electron chi connectivity index (χ4n) is 2.64. The third kappa shape index (κ3) is 5.40. The zero-order valence-electron chi connectivity index (χ0n) is 13.1. The smallest absolute Gasteiger partial charge is 0.0864 e. The lowest BCUT2D eigenvalue weighted by molar-refractivity contribution is 0.204. The molecule has 0 fully saturated rings. The number of hydrogen-bond donors (Lipinski definition) is 1. The van der Waals surface area contributed by atoms with E-state index in [-0.39, 0.29) is 6.10 Å². The van der Waals surface area contributed by atoms with Crippen molar-refractivity contribution >= 4 is 0 Å². The molecule has 0 bridgehead atoms. The minimum absolute atomic E-state index is 0.367. The fraction of sp³-hybridized carbons (Fsp3) is 0.500. The van der Waals surface area contributed by atoms with Crippen molar-refractivity contribution < 1.29 is 5.11 Å². The van der Waals surface area contributed by atoms with E-state index in [0.717, 1.165) is 43.2 Å². The van der Waals surface area contributed by atoms with Crippen LogP contribution in [-0.2, 0) is 6.42 Å². The van der Waals surface area contributed by atoms with Gasteiger partial charge in [0.15, 0.2) is 0 Å². The summed E-state index contributed by atoms with van der Waals surface area (Å²) in [6.45, 7) is 2.23. The molecule has 0 saturated heterocycles. The number of allylic oxidation sites excluding steroid dienone is 1. The largest absolute Gasteiger partial charge is 0.388 e. The molecule has 1 nitrogen and oxygen atoms in total. The summed E-state index contributed by atoms with van der Waals surface area (Å²) in [5.41, 5.74) is 3.33. The molecule has 1 unspecified atom stereocenters. The molecule has 0 spiro atoms. The normalized spacial score (nSPS) is 18.4. The van der Waals surface area contributed by atoms with E-state index in [0.29, 0.717) is 0 Å². The van der Waals surface area contributed by atoms with Crippen LogP contribution in [0.5, 0.6) is 0 Å². The molecule has 1 heteroatoms. The second-order valence-electron chi connectivity index (χ2n) is 5.86. The van der Waals surface area contributed by atoms with Crippen molar-refractivity contribution in [2.45, 2.75) is 64.4 Å². The van der Waals surface area contributed by atoms with E-state index in [1.807, 2.05) is 0 Å². The molecule has 1 atom stereocenters. The first-order chi connectivity index (χ1) is 10.3. The van der Waals surface area contributed by atoms with Crippen molar-refractivity contribution in [1.29, 1.82) is 0 Å². The Morgan fingerprint density at radius 2 is 1.90 bits per heavy atom. The van der Waals surface area contributed by atoms with Gasteiger partial charge in [0.25, 0.3) is 0 Å². The van der Waals surface area contributed by atoms with E-state index in [1.54, 1.807) is 0 Å². The van der Waals surface area contributed by atoms with Crippen LogP contribution < -0.4 is 0 Å². The quantitative estimate of drug-likeness (QED) is 0.630. The molecule has 1 aromatic rings. The van der Waals surface area contributed by atoms with E-state index < -0.39 is 0 Å². The minimum Gasteiger partial charge on any atom is -0.388 e. The van der Waals surface area contributed by atoms with Crippen LogP contribution in [0, 0.1) is 11.8 Å². The van der Waals surface area contributed by atoms with Crippen LogP contribution in [0.15, 0.2) is 35.9 Å². The van der Waals surface area contributed by atoms with E-state index in [2.05, 4.69) is 49.1 Å². The maximum absolute atomic E-state index is 10.0. The Morgan fingerprint density at radius 1 is 1.10 bits per heavy atom. The molecule has 0 saturated carbocycles. The number of rotatable bonds is 4. The molecule has 1 aliphatic rings. The second kappa shape index (κ2) is 8.70. The molecule has 112 valence electrons. The van der Waals surface area contributed by atoms with Gasteiger partial charge in [0, 0.05) is 11.1 Å². The Hall–Kier alpha value is -1.52. The average Bonchev–Trinajstić information content (AvgIpc) is 2.71. The van der Waals surface area contributed by atoms with Crippen LogP contribution in [0.2, 0.25) is 0 Å². The average molecular weight is 282 g/mol. The Morgan fingerprint density at radius 3 is 2.67 bits per heavy atom. The molecule has 0 aliphatic heterocycles. The van der Waals surface area contributed by atoms with Gasteiger partial charge in [0.05, 0.1) is 6.10 Å². The van der Waals surface area contributed by atoms with Gasteiger partial charge in [0.2, 0.25) is 0 Å². The maximum Gasteiger partial charge on any atom is 0.0864 e. The van der Waals surface area contributed by atoms with Gasteiger partial charge in [0.1, 0.15) is 0 Å². The number of aliphatic hydroxyl groups is 1. The summed E-state index contributed by atoms with van der Waals surface area (Å²) in [5, 5.41) is 10.0.